The van der Waals surface area contributed by atoms with Crippen molar-refractivity contribution < 1.29 is 14.6 Å². The monoisotopic (exact) mass is 305 g/mol. The van der Waals surface area contributed by atoms with Gasteiger partial charge in [0.1, 0.15) is 12.4 Å². The number of rotatable bonds is 5. The summed E-state index contributed by atoms with van der Waals surface area (Å²) in [4.78, 5) is 10.8. The van der Waals surface area contributed by atoms with E-state index in [0.29, 0.717) is 17.4 Å². The zero-order valence-corrected chi connectivity index (χ0v) is 12.3. The summed E-state index contributed by atoms with van der Waals surface area (Å²) >= 11 is 6.15. The van der Waals surface area contributed by atoms with Gasteiger partial charge in [0.05, 0.1) is 10.6 Å². The van der Waals surface area contributed by atoms with E-state index in [9.17, 15) is 4.79 Å². The van der Waals surface area contributed by atoms with Crippen molar-refractivity contribution in [3.8, 4) is 5.75 Å². The molecule has 0 aliphatic rings. The molecule has 0 unspecified atom stereocenters. The maximum Gasteiger partial charge on any atom is 0.335 e. The molecular weight excluding hydrogens is 290 g/mol. The number of carbonyl (C=O) groups is 1. The Hall–Kier alpha value is -2.04. The summed E-state index contributed by atoms with van der Waals surface area (Å²) < 4.78 is 5.64. The highest BCUT2D eigenvalue weighted by molar-refractivity contribution is 6.32. The number of nitrogens with two attached hydrogens (primary N) is 1. The molecule has 5 heteroatoms. The Labute approximate surface area is 128 Å². The minimum Gasteiger partial charge on any atom is -0.487 e. The largest absolute Gasteiger partial charge is 0.487 e. The first kappa shape index (κ1) is 15.4. The molecule has 2 aromatic carbocycles. The normalized spacial score (nSPS) is 12.0. The fourth-order valence-electron chi connectivity index (χ4n) is 1.82. The van der Waals surface area contributed by atoms with Gasteiger partial charge in [-0.15, -0.1) is 0 Å². The van der Waals surface area contributed by atoms with Crippen LogP contribution in [0, 0.1) is 0 Å². The fraction of sp³-hybridized carbons (Fsp3) is 0.188. The van der Waals surface area contributed by atoms with E-state index in [1.165, 1.54) is 0 Å². The van der Waals surface area contributed by atoms with Crippen molar-refractivity contribution in [1.29, 1.82) is 0 Å². The van der Waals surface area contributed by atoms with Crippen molar-refractivity contribution in [1.82, 2.24) is 0 Å². The average molecular weight is 306 g/mol. The molecule has 3 N–H and O–H groups in total. The number of halogens is 1. The summed E-state index contributed by atoms with van der Waals surface area (Å²) in [5.74, 6) is -0.375. The number of hydrogen-bond acceptors (Lipinski definition) is 3. The minimum absolute atomic E-state index is 0.0832. The second-order valence-corrected chi connectivity index (χ2v) is 5.18. The highest BCUT2D eigenvalue weighted by Gasteiger charge is 2.07. The quantitative estimate of drug-likeness (QED) is 0.884. The van der Waals surface area contributed by atoms with E-state index < -0.39 is 5.97 Å². The molecule has 0 aromatic heterocycles. The van der Waals surface area contributed by atoms with Crippen molar-refractivity contribution >= 4 is 17.6 Å². The van der Waals surface area contributed by atoms with Crippen LogP contribution < -0.4 is 10.5 Å². The van der Waals surface area contributed by atoms with Gasteiger partial charge in [0.2, 0.25) is 0 Å². The molecule has 0 bridgehead atoms. The summed E-state index contributed by atoms with van der Waals surface area (Å²) in [5, 5.41) is 9.34. The van der Waals surface area contributed by atoms with Gasteiger partial charge < -0.3 is 15.6 Å². The molecule has 110 valence electrons. The first-order valence-corrected chi connectivity index (χ1v) is 6.85. The summed E-state index contributed by atoms with van der Waals surface area (Å²) in [5.41, 5.74) is 7.85. The predicted octanol–water partition coefficient (Wildman–Crippen LogP) is 3.64. The second-order valence-electron chi connectivity index (χ2n) is 4.77. The third-order valence-corrected chi connectivity index (χ3v) is 3.37. The van der Waals surface area contributed by atoms with Crippen LogP contribution >= 0.6 is 11.6 Å². The van der Waals surface area contributed by atoms with Crippen LogP contribution in [0.15, 0.2) is 42.5 Å². The lowest BCUT2D eigenvalue weighted by atomic mass is 10.1. The number of ether oxygens (including phenoxy) is 1. The molecule has 21 heavy (non-hydrogen) atoms. The van der Waals surface area contributed by atoms with Crippen LogP contribution in [0.4, 0.5) is 0 Å². The summed E-state index contributed by atoms with van der Waals surface area (Å²) in [7, 11) is 0. The maximum absolute atomic E-state index is 10.8. The molecule has 0 saturated heterocycles. The molecule has 0 amide bonds. The van der Waals surface area contributed by atoms with Crippen LogP contribution in [0.3, 0.4) is 0 Å². The van der Waals surface area contributed by atoms with Gasteiger partial charge in [0.15, 0.2) is 0 Å². The topological polar surface area (TPSA) is 72.5 Å². The average Bonchev–Trinajstić information content (AvgIpc) is 2.46. The Morgan fingerprint density at radius 2 is 1.95 bits per heavy atom. The number of carboxylic acid groups (broad SMARTS) is 1. The van der Waals surface area contributed by atoms with Crippen molar-refractivity contribution in [2.45, 2.75) is 19.6 Å². The van der Waals surface area contributed by atoms with E-state index in [-0.39, 0.29) is 11.6 Å². The van der Waals surface area contributed by atoms with Gasteiger partial charge in [-0.3, -0.25) is 0 Å². The van der Waals surface area contributed by atoms with Crippen LogP contribution in [0.2, 0.25) is 5.02 Å². The number of carboxylic acids is 1. The highest BCUT2D eigenvalue weighted by Crippen LogP contribution is 2.28. The van der Waals surface area contributed by atoms with E-state index in [1.54, 1.807) is 36.4 Å². The molecule has 1 atom stereocenters. The zero-order valence-electron chi connectivity index (χ0n) is 11.5. The molecule has 2 aromatic rings. The maximum atomic E-state index is 10.8. The van der Waals surface area contributed by atoms with Gasteiger partial charge in [-0.25, -0.2) is 4.79 Å². The Balaban J connectivity index is 2.04. The molecule has 0 aliphatic carbocycles. The molecular formula is C16H16ClNO3. The Kier molecular flexibility index (Phi) is 4.83. The highest BCUT2D eigenvalue weighted by atomic mass is 35.5. The zero-order chi connectivity index (χ0) is 15.4. The summed E-state index contributed by atoms with van der Waals surface area (Å²) in [6.07, 6.45) is 0. The van der Waals surface area contributed by atoms with E-state index >= 15 is 0 Å². The van der Waals surface area contributed by atoms with Crippen LogP contribution in [0.25, 0.3) is 0 Å². The summed E-state index contributed by atoms with van der Waals surface area (Å²) in [6, 6.07) is 11.9. The molecule has 0 saturated carbocycles. The first-order chi connectivity index (χ1) is 9.97. The van der Waals surface area contributed by atoms with Crippen LogP contribution in [-0.2, 0) is 6.61 Å². The smallest absolute Gasteiger partial charge is 0.335 e. The molecule has 0 aliphatic heterocycles. The third-order valence-electron chi connectivity index (χ3n) is 3.08. The van der Waals surface area contributed by atoms with Crippen LogP contribution in [-0.4, -0.2) is 11.1 Å². The molecule has 0 fully saturated rings. The molecule has 2 rings (SSSR count). The molecule has 4 nitrogen and oxygen atoms in total. The van der Waals surface area contributed by atoms with Crippen LogP contribution in [0.1, 0.15) is 34.5 Å². The van der Waals surface area contributed by atoms with E-state index in [0.717, 1.165) is 11.1 Å². The fourth-order valence-corrected chi connectivity index (χ4v) is 2.07. The molecule has 0 heterocycles. The van der Waals surface area contributed by atoms with Gasteiger partial charge in [0.25, 0.3) is 0 Å². The van der Waals surface area contributed by atoms with Crippen LogP contribution in [0.5, 0.6) is 5.75 Å². The number of aromatic carboxylic acids is 1. The molecule has 0 radical (unpaired) electrons. The Bertz CT molecular complexity index is 638. The SMILES string of the molecule is C[C@H](N)c1ccc(OCc2ccc(C(=O)O)cc2)c(Cl)c1. The predicted molar refractivity (Wildman–Crippen MR) is 81.8 cm³/mol. The lowest BCUT2D eigenvalue weighted by Crippen LogP contribution is -2.05. The van der Waals surface area contributed by atoms with Gasteiger partial charge in [-0.05, 0) is 42.3 Å². The van der Waals surface area contributed by atoms with Gasteiger partial charge in [-0.2, -0.15) is 0 Å². The third kappa shape index (κ3) is 3.97. The van der Waals surface area contributed by atoms with E-state index in [1.807, 2.05) is 13.0 Å². The number of hydrogen-bond donors (Lipinski definition) is 2. The standard InChI is InChI=1S/C16H16ClNO3/c1-10(18)13-6-7-15(14(17)8-13)21-9-11-2-4-12(5-3-11)16(19)20/h2-8,10H,9,18H2,1H3,(H,19,20)/t10-/m0/s1. The lowest BCUT2D eigenvalue weighted by Gasteiger charge is -2.11. The first-order valence-electron chi connectivity index (χ1n) is 6.47. The lowest BCUT2D eigenvalue weighted by molar-refractivity contribution is 0.0697. The van der Waals surface area contributed by atoms with Crippen molar-refractivity contribution in [2.75, 3.05) is 0 Å². The Morgan fingerprint density at radius 3 is 2.48 bits per heavy atom. The second kappa shape index (κ2) is 6.61. The van der Waals surface area contributed by atoms with E-state index in [2.05, 4.69) is 0 Å². The van der Waals surface area contributed by atoms with Crippen molar-refractivity contribution in [3.63, 3.8) is 0 Å². The Morgan fingerprint density at radius 1 is 1.29 bits per heavy atom. The molecule has 0 spiro atoms. The number of benzene rings is 2. The van der Waals surface area contributed by atoms with Gasteiger partial charge >= 0.3 is 5.97 Å². The van der Waals surface area contributed by atoms with Gasteiger partial charge in [0, 0.05) is 6.04 Å². The van der Waals surface area contributed by atoms with Crippen molar-refractivity contribution in [3.05, 3.63) is 64.2 Å². The minimum atomic E-state index is -0.947. The van der Waals surface area contributed by atoms with E-state index in [4.69, 9.17) is 27.2 Å². The van der Waals surface area contributed by atoms with Crippen molar-refractivity contribution in [2.24, 2.45) is 5.73 Å². The summed E-state index contributed by atoms with van der Waals surface area (Å²) in [6.45, 7) is 2.20. The van der Waals surface area contributed by atoms with Gasteiger partial charge in [-0.1, -0.05) is 29.8 Å².